The van der Waals surface area contributed by atoms with Gasteiger partial charge in [-0.25, -0.2) is 15.6 Å². The fourth-order valence-corrected chi connectivity index (χ4v) is 2.44. The summed E-state index contributed by atoms with van der Waals surface area (Å²) in [6.45, 7) is 7.26. The Morgan fingerprint density at radius 2 is 1.74 bits per heavy atom. The van der Waals surface area contributed by atoms with Gasteiger partial charge in [-0.2, -0.15) is 0 Å². The van der Waals surface area contributed by atoms with E-state index >= 15 is 0 Å². The first-order valence-corrected chi connectivity index (χ1v) is 7.90. The Labute approximate surface area is 137 Å². The van der Waals surface area contributed by atoms with Gasteiger partial charge in [-0.1, -0.05) is 12.1 Å². The predicted molar refractivity (Wildman–Crippen MR) is 87.5 cm³/mol. The molecule has 0 spiro atoms. The molecule has 1 aliphatic rings. The van der Waals surface area contributed by atoms with Crippen LogP contribution in [0, 0.1) is 0 Å². The first-order chi connectivity index (χ1) is 10.8. The average Bonchev–Trinajstić information content (AvgIpc) is 2.99. The largest absolute Gasteiger partial charge is 0.443 e. The molecule has 0 aromatic heterocycles. The number of carbonyl (C=O) groups is 2. The number of ether oxygens (including phenoxy) is 1. The van der Waals surface area contributed by atoms with Crippen LogP contribution in [0.4, 0.5) is 4.79 Å². The molecule has 6 nitrogen and oxygen atoms in total. The molecule has 6 heteroatoms. The van der Waals surface area contributed by atoms with Crippen molar-refractivity contribution in [2.45, 2.75) is 45.8 Å². The van der Waals surface area contributed by atoms with E-state index in [1.54, 1.807) is 32.9 Å². The van der Waals surface area contributed by atoms with E-state index in [4.69, 9.17) is 10.6 Å². The third kappa shape index (κ3) is 4.96. The summed E-state index contributed by atoms with van der Waals surface area (Å²) in [6, 6.07) is 7.18. The van der Waals surface area contributed by atoms with Crippen LogP contribution >= 0.6 is 0 Å². The number of hydrogen-bond acceptors (Lipinski definition) is 4. The molecule has 126 valence electrons. The van der Waals surface area contributed by atoms with Crippen molar-refractivity contribution in [2.24, 2.45) is 5.84 Å². The molecule has 0 saturated carbocycles. The maximum Gasteiger partial charge on any atom is 0.424 e. The van der Waals surface area contributed by atoms with Crippen molar-refractivity contribution in [2.75, 3.05) is 13.1 Å². The highest BCUT2D eigenvalue weighted by atomic mass is 16.6. The molecule has 0 atom stereocenters. The second-order valence-electron chi connectivity index (χ2n) is 6.80. The Kier molecular flexibility index (Phi) is 5.26. The SMILES string of the molecule is CC(C)(C)OC(=O)N(N)Cc1ccc(C(=O)N2CCCC2)cc1. The van der Waals surface area contributed by atoms with Crippen molar-refractivity contribution < 1.29 is 14.3 Å². The molecule has 1 aromatic rings. The second-order valence-corrected chi connectivity index (χ2v) is 6.80. The molecule has 1 heterocycles. The van der Waals surface area contributed by atoms with Crippen LogP contribution in [0.3, 0.4) is 0 Å². The maximum atomic E-state index is 12.3. The van der Waals surface area contributed by atoms with Gasteiger partial charge >= 0.3 is 6.09 Å². The molecule has 1 saturated heterocycles. The molecule has 2 N–H and O–H groups in total. The number of hydrazine groups is 1. The normalized spacial score (nSPS) is 14.7. The van der Waals surface area contributed by atoms with Crippen LogP contribution in [0.25, 0.3) is 0 Å². The average molecular weight is 319 g/mol. The van der Waals surface area contributed by atoms with Crippen LogP contribution in [-0.2, 0) is 11.3 Å². The Hall–Kier alpha value is -2.08. The summed E-state index contributed by atoms with van der Waals surface area (Å²) in [6.07, 6.45) is 1.57. The van der Waals surface area contributed by atoms with E-state index in [1.165, 1.54) is 0 Å². The third-order valence-electron chi connectivity index (χ3n) is 3.58. The van der Waals surface area contributed by atoms with E-state index in [2.05, 4.69) is 0 Å². The molecule has 23 heavy (non-hydrogen) atoms. The summed E-state index contributed by atoms with van der Waals surface area (Å²) in [5.41, 5.74) is 0.925. The molecule has 0 unspecified atom stereocenters. The number of carbonyl (C=O) groups excluding carboxylic acids is 2. The highest BCUT2D eigenvalue weighted by Crippen LogP contribution is 2.15. The molecule has 1 fully saturated rings. The molecule has 0 aliphatic carbocycles. The fourth-order valence-electron chi connectivity index (χ4n) is 2.44. The van der Waals surface area contributed by atoms with Crippen LogP contribution in [-0.4, -0.2) is 40.6 Å². The number of hydrogen-bond donors (Lipinski definition) is 1. The van der Waals surface area contributed by atoms with Gasteiger partial charge in [-0.05, 0) is 51.3 Å². The van der Waals surface area contributed by atoms with Crippen LogP contribution in [0.2, 0.25) is 0 Å². The lowest BCUT2D eigenvalue weighted by molar-refractivity contribution is 0.0231. The van der Waals surface area contributed by atoms with Gasteiger partial charge in [0.15, 0.2) is 0 Å². The van der Waals surface area contributed by atoms with Crippen LogP contribution < -0.4 is 5.84 Å². The molecular weight excluding hydrogens is 294 g/mol. The first-order valence-electron chi connectivity index (χ1n) is 7.90. The summed E-state index contributed by atoms with van der Waals surface area (Å²) in [4.78, 5) is 26.0. The summed E-state index contributed by atoms with van der Waals surface area (Å²) in [5, 5.41) is 1.03. The quantitative estimate of drug-likeness (QED) is 0.528. The minimum atomic E-state index is -0.583. The summed E-state index contributed by atoms with van der Waals surface area (Å²) >= 11 is 0. The number of likely N-dealkylation sites (tertiary alicyclic amines) is 1. The molecule has 2 amide bonds. The van der Waals surface area contributed by atoms with E-state index in [0.717, 1.165) is 36.5 Å². The van der Waals surface area contributed by atoms with Gasteiger partial charge in [0.1, 0.15) is 5.60 Å². The standard InChI is InChI=1S/C17H25N3O3/c1-17(2,3)23-16(22)20(18)12-13-6-8-14(9-7-13)15(21)19-10-4-5-11-19/h6-9H,4-5,10-12,18H2,1-3H3. The van der Waals surface area contributed by atoms with Crippen molar-refractivity contribution in [3.8, 4) is 0 Å². The second kappa shape index (κ2) is 7.00. The minimum absolute atomic E-state index is 0.0609. The lowest BCUT2D eigenvalue weighted by atomic mass is 10.1. The van der Waals surface area contributed by atoms with E-state index in [1.807, 2.05) is 17.0 Å². The van der Waals surface area contributed by atoms with Crippen LogP contribution in [0.5, 0.6) is 0 Å². The highest BCUT2D eigenvalue weighted by molar-refractivity contribution is 5.94. The van der Waals surface area contributed by atoms with Gasteiger partial charge in [-0.15, -0.1) is 0 Å². The molecule has 1 aromatic carbocycles. The molecule has 2 rings (SSSR count). The van der Waals surface area contributed by atoms with E-state index < -0.39 is 11.7 Å². The predicted octanol–water partition coefficient (Wildman–Crippen LogP) is 2.53. The van der Waals surface area contributed by atoms with Crippen molar-refractivity contribution >= 4 is 12.0 Å². The lowest BCUT2D eigenvalue weighted by Gasteiger charge is -2.24. The van der Waals surface area contributed by atoms with Gasteiger partial charge in [0.05, 0.1) is 6.54 Å². The summed E-state index contributed by atoms with van der Waals surface area (Å²) in [5.74, 6) is 5.80. The molecular formula is C17H25N3O3. The summed E-state index contributed by atoms with van der Waals surface area (Å²) < 4.78 is 5.20. The highest BCUT2D eigenvalue weighted by Gasteiger charge is 2.21. The Morgan fingerprint density at radius 1 is 1.17 bits per heavy atom. The van der Waals surface area contributed by atoms with E-state index in [9.17, 15) is 9.59 Å². The van der Waals surface area contributed by atoms with Crippen LogP contribution in [0.15, 0.2) is 24.3 Å². The number of amides is 2. The lowest BCUT2D eigenvalue weighted by Crippen LogP contribution is -2.40. The minimum Gasteiger partial charge on any atom is -0.443 e. The van der Waals surface area contributed by atoms with E-state index in [0.29, 0.717) is 5.56 Å². The molecule has 0 bridgehead atoms. The first kappa shape index (κ1) is 17.3. The zero-order chi connectivity index (χ0) is 17.0. The number of benzene rings is 1. The van der Waals surface area contributed by atoms with Crippen molar-refractivity contribution in [3.63, 3.8) is 0 Å². The fraction of sp³-hybridized carbons (Fsp3) is 0.529. The zero-order valence-electron chi connectivity index (χ0n) is 14.0. The maximum absolute atomic E-state index is 12.3. The van der Waals surface area contributed by atoms with Gasteiger partial charge in [0.2, 0.25) is 0 Å². The van der Waals surface area contributed by atoms with E-state index in [-0.39, 0.29) is 12.5 Å². The third-order valence-corrected chi connectivity index (χ3v) is 3.58. The van der Waals surface area contributed by atoms with Crippen molar-refractivity contribution in [3.05, 3.63) is 35.4 Å². The Balaban J connectivity index is 1.94. The monoisotopic (exact) mass is 319 g/mol. The molecule has 0 radical (unpaired) electrons. The van der Waals surface area contributed by atoms with Gasteiger partial charge in [-0.3, -0.25) is 4.79 Å². The number of nitrogens with zero attached hydrogens (tertiary/aromatic N) is 2. The van der Waals surface area contributed by atoms with Crippen molar-refractivity contribution in [1.29, 1.82) is 0 Å². The topological polar surface area (TPSA) is 75.9 Å². The Morgan fingerprint density at radius 3 is 2.26 bits per heavy atom. The van der Waals surface area contributed by atoms with Crippen LogP contribution in [0.1, 0.15) is 49.5 Å². The van der Waals surface area contributed by atoms with Gasteiger partial charge in [0, 0.05) is 18.7 Å². The molecule has 1 aliphatic heterocycles. The number of nitrogens with two attached hydrogens (primary N) is 1. The number of rotatable bonds is 3. The van der Waals surface area contributed by atoms with Gasteiger partial charge < -0.3 is 9.64 Å². The zero-order valence-corrected chi connectivity index (χ0v) is 14.0. The van der Waals surface area contributed by atoms with Gasteiger partial charge in [0.25, 0.3) is 5.91 Å². The smallest absolute Gasteiger partial charge is 0.424 e. The van der Waals surface area contributed by atoms with Crippen molar-refractivity contribution in [1.82, 2.24) is 9.91 Å². The summed E-state index contributed by atoms with van der Waals surface area (Å²) in [7, 11) is 0. The Bertz CT molecular complexity index is 557.